The second-order valence-electron chi connectivity index (χ2n) is 4.64. The van der Waals surface area contributed by atoms with Crippen molar-refractivity contribution < 1.29 is 0 Å². The molecule has 72 valence electrons. The van der Waals surface area contributed by atoms with Crippen molar-refractivity contribution in [1.29, 1.82) is 0 Å². The Kier molecular flexibility index (Phi) is 3.13. The molecule has 2 unspecified atom stereocenters. The largest absolute Gasteiger partial charge is 0.299 e. The smallest absolute Gasteiger partial charge is 0.0577 e. The summed E-state index contributed by atoms with van der Waals surface area (Å²) in [5.74, 6) is 0. The molecule has 0 saturated carbocycles. The predicted molar refractivity (Wildman–Crippen MR) is 53.1 cm³/mol. The topological polar surface area (TPSA) is 24.1 Å². The molecule has 0 aromatic carbocycles. The van der Waals surface area contributed by atoms with Crippen LogP contribution >= 0.6 is 0 Å². The zero-order valence-electron chi connectivity index (χ0n) is 8.78. The van der Waals surface area contributed by atoms with E-state index in [4.69, 9.17) is 0 Å². The summed E-state index contributed by atoms with van der Waals surface area (Å²) in [4.78, 5) is 0. The third-order valence-corrected chi connectivity index (χ3v) is 2.44. The molecule has 0 amide bonds. The maximum atomic E-state index is 3.61. The molecule has 0 bridgehead atoms. The molecule has 1 aliphatic heterocycles. The summed E-state index contributed by atoms with van der Waals surface area (Å²) in [7, 11) is 0. The summed E-state index contributed by atoms with van der Waals surface area (Å²) in [6.07, 6.45) is 4.21. The molecule has 0 aromatic heterocycles. The Bertz CT molecular complexity index is 143. The fourth-order valence-corrected chi connectivity index (χ4v) is 2.18. The first kappa shape index (κ1) is 10.0. The lowest BCUT2D eigenvalue weighted by atomic mass is 9.92. The van der Waals surface area contributed by atoms with Gasteiger partial charge in [-0.25, -0.2) is 0 Å². The van der Waals surface area contributed by atoms with Crippen LogP contribution in [0.25, 0.3) is 0 Å². The van der Waals surface area contributed by atoms with Crippen LogP contribution in [0.2, 0.25) is 0 Å². The third-order valence-electron chi connectivity index (χ3n) is 2.44. The molecule has 1 fully saturated rings. The molecule has 1 aliphatic rings. The van der Waals surface area contributed by atoms with Crippen molar-refractivity contribution in [2.24, 2.45) is 0 Å². The normalized spacial score (nSPS) is 35.0. The molecule has 1 rings (SSSR count). The van der Waals surface area contributed by atoms with E-state index in [2.05, 4.69) is 38.3 Å². The Morgan fingerprint density at radius 1 is 1.42 bits per heavy atom. The minimum atomic E-state index is 0.310. The van der Waals surface area contributed by atoms with Gasteiger partial charge in [-0.3, -0.25) is 10.6 Å². The van der Waals surface area contributed by atoms with E-state index in [1.807, 2.05) is 0 Å². The highest BCUT2D eigenvalue weighted by molar-refractivity contribution is 4.90. The van der Waals surface area contributed by atoms with Crippen LogP contribution < -0.4 is 10.6 Å². The maximum absolute atomic E-state index is 3.61. The van der Waals surface area contributed by atoms with Crippen LogP contribution in [0.5, 0.6) is 0 Å². The van der Waals surface area contributed by atoms with E-state index >= 15 is 0 Å². The van der Waals surface area contributed by atoms with Crippen LogP contribution in [0.4, 0.5) is 0 Å². The molecule has 2 heteroatoms. The van der Waals surface area contributed by atoms with E-state index < -0.39 is 0 Å². The lowest BCUT2D eigenvalue weighted by Gasteiger charge is -2.41. The minimum absolute atomic E-state index is 0.310. The van der Waals surface area contributed by atoms with Gasteiger partial charge in [-0.2, -0.15) is 0 Å². The molecule has 1 saturated heterocycles. The first-order chi connectivity index (χ1) is 5.53. The molecular weight excluding hydrogens is 148 g/mol. The molecule has 2 N–H and O–H groups in total. The van der Waals surface area contributed by atoms with Gasteiger partial charge in [0, 0.05) is 11.6 Å². The molecule has 0 aromatic rings. The minimum Gasteiger partial charge on any atom is -0.299 e. The van der Waals surface area contributed by atoms with Gasteiger partial charge in [-0.05, 0) is 33.6 Å². The van der Waals surface area contributed by atoms with Crippen LogP contribution in [0.15, 0.2) is 0 Å². The first-order valence-corrected chi connectivity index (χ1v) is 5.07. The molecule has 1 heterocycles. The molecule has 0 aliphatic carbocycles. The average molecular weight is 170 g/mol. The summed E-state index contributed by atoms with van der Waals surface area (Å²) < 4.78 is 0. The monoisotopic (exact) mass is 170 g/mol. The van der Waals surface area contributed by atoms with Gasteiger partial charge in [0.15, 0.2) is 0 Å². The van der Waals surface area contributed by atoms with Crippen LogP contribution in [0.3, 0.4) is 0 Å². The fourth-order valence-electron chi connectivity index (χ4n) is 2.18. The number of hydrogen-bond donors (Lipinski definition) is 2. The van der Waals surface area contributed by atoms with E-state index in [1.165, 1.54) is 19.3 Å². The van der Waals surface area contributed by atoms with E-state index in [-0.39, 0.29) is 0 Å². The highest BCUT2D eigenvalue weighted by Crippen LogP contribution is 2.18. The second kappa shape index (κ2) is 3.75. The van der Waals surface area contributed by atoms with E-state index in [9.17, 15) is 0 Å². The molecule has 12 heavy (non-hydrogen) atoms. The van der Waals surface area contributed by atoms with Crippen LogP contribution in [-0.4, -0.2) is 17.7 Å². The highest BCUT2D eigenvalue weighted by atomic mass is 15.2. The van der Waals surface area contributed by atoms with Crippen molar-refractivity contribution in [3.63, 3.8) is 0 Å². The summed E-state index contributed by atoms with van der Waals surface area (Å²) in [6.45, 7) is 9.07. The number of nitrogens with one attached hydrogen (secondary N) is 2. The van der Waals surface area contributed by atoms with Gasteiger partial charge in [0.1, 0.15) is 0 Å². The second-order valence-corrected chi connectivity index (χ2v) is 4.64. The Balaban J connectivity index is 2.46. The Morgan fingerprint density at radius 2 is 2.08 bits per heavy atom. The number of hydrogen-bond acceptors (Lipinski definition) is 2. The number of rotatable bonds is 2. The standard InChI is InChI=1S/C10H22N2/c1-5-6-9-11-8(2)7-10(3,4)12-9/h8-9,11-12H,5-7H2,1-4H3. The van der Waals surface area contributed by atoms with E-state index in [1.54, 1.807) is 0 Å². The Morgan fingerprint density at radius 3 is 2.58 bits per heavy atom. The predicted octanol–water partition coefficient (Wildman–Crippen LogP) is 1.86. The zero-order chi connectivity index (χ0) is 9.19. The van der Waals surface area contributed by atoms with Gasteiger partial charge in [-0.1, -0.05) is 13.3 Å². The van der Waals surface area contributed by atoms with Crippen LogP contribution in [0, 0.1) is 0 Å². The van der Waals surface area contributed by atoms with Gasteiger partial charge < -0.3 is 0 Å². The van der Waals surface area contributed by atoms with E-state index in [0.29, 0.717) is 17.7 Å². The van der Waals surface area contributed by atoms with Crippen molar-refractivity contribution in [3.05, 3.63) is 0 Å². The van der Waals surface area contributed by atoms with Crippen molar-refractivity contribution in [3.8, 4) is 0 Å². The van der Waals surface area contributed by atoms with Crippen molar-refractivity contribution in [2.45, 2.75) is 64.7 Å². The van der Waals surface area contributed by atoms with Gasteiger partial charge in [0.2, 0.25) is 0 Å². The highest BCUT2D eigenvalue weighted by Gasteiger charge is 2.29. The first-order valence-electron chi connectivity index (χ1n) is 5.07. The third kappa shape index (κ3) is 2.76. The SMILES string of the molecule is CCCC1NC(C)CC(C)(C)N1. The van der Waals surface area contributed by atoms with Gasteiger partial charge in [-0.15, -0.1) is 0 Å². The van der Waals surface area contributed by atoms with Gasteiger partial charge in [0.25, 0.3) is 0 Å². The summed E-state index contributed by atoms with van der Waals surface area (Å²) in [5.41, 5.74) is 0.310. The maximum Gasteiger partial charge on any atom is 0.0577 e. The quantitative estimate of drug-likeness (QED) is 0.661. The molecule has 0 spiro atoms. The Hall–Kier alpha value is -0.0800. The van der Waals surface area contributed by atoms with E-state index in [0.717, 1.165) is 0 Å². The fraction of sp³-hybridized carbons (Fsp3) is 1.00. The van der Waals surface area contributed by atoms with Crippen molar-refractivity contribution in [2.75, 3.05) is 0 Å². The molecule has 2 nitrogen and oxygen atoms in total. The van der Waals surface area contributed by atoms with Crippen molar-refractivity contribution >= 4 is 0 Å². The Labute approximate surface area is 76.1 Å². The zero-order valence-corrected chi connectivity index (χ0v) is 8.78. The van der Waals surface area contributed by atoms with Crippen molar-refractivity contribution in [1.82, 2.24) is 10.6 Å². The van der Waals surface area contributed by atoms with Gasteiger partial charge in [0.05, 0.1) is 6.17 Å². The summed E-state index contributed by atoms with van der Waals surface area (Å²) in [6, 6.07) is 0.651. The summed E-state index contributed by atoms with van der Waals surface area (Å²) in [5, 5.41) is 7.17. The molecule has 0 radical (unpaired) electrons. The van der Waals surface area contributed by atoms with Crippen LogP contribution in [-0.2, 0) is 0 Å². The average Bonchev–Trinajstić information content (AvgIpc) is 1.82. The lowest BCUT2D eigenvalue weighted by molar-refractivity contribution is 0.182. The summed E-state index contributed by atoms with van der Waals surface area (Å²) >= 11 is 0. The lowest BCUT2D eigenvalue weighted by Crippen LogP contribution is -2.61. The van der Waals surface area contributed by atoms with Gasteiger partial charge >= 0.3 is 0 Å². The molecular formula is C10H22N2. The molecule has 2 atom stereocenters. The van der Waals surface area contributed by atoms with Crippen LogP contribution in [0.1, 0.15) is 47.0 Å².